The Hall–Kier alpha value is -0.610. The Bertz CT molecular complexity index is 132. The van der Waals surface area contributed by atoms with Gasteiger partial charge in [0.05, 0.1) is 6.61 Å². The van der Waals surface area contributed by atoms with Crippen molar-refractivity contribution in [1.82, 2.24) is 10.8 Å². The summed E-state index contributed by atoms with van der Waals surface area (Å²) in [5.41, 5.74) is 2.31. The monoisotopic (exact) mass is 158 g/mol. The topological polar surface area (TPSA) is 50.4 Å². The minimum Gasteiger partial charge on any atom is -0.316 e. The predicted molar refractivity (Wildman–Crippen MR) is 40.7 cm³/mol. The number of hydrogen-bond donors (Lipinski definition) is 2. The maximum atomic E-state index is 10.4. The van der Waals surface area contributed by atoms with Crippen LogP contribution in [0.5, 0.6) is 0 Å². The van der Waals surface area contributed by atoms with Crippen LogP contribution in [0.3, 0.4) is 0 Å². The molecule has 0 saturated carbocycles. The summed E-state index contributed by atoms with van der Waals surface area (Å²) < 4.78 is 0. The van der Waals surface area contributed by atoms with Gasteiger partial charge >= 0.3 is 0 Å². The van der Waals surface area contributed by atoms with Crippen LogP contribution in [-0.2, 0) is 9.63 Å². The second kappa shape index (κ2) is 4.31. The van der Waals surface area contributed by atoms with Crippen LogP contribution in [0.2, 0.25) is 0 Å². The van der Waals surface area contributed by atoms with E-state index in [-0.39, 0.29) is 5.91 Å². The molecule has 1 saturated heterocycles. The molecule has 1 amide bonds. The van der Waals surface area contributed by atoms with Crippen molar-refractivity contribution in [2.45, 2.75) is 13.3 Å². The first kappa shape index (κ1) is 8.49. The zero-order valence-electron chi connectivity index (χ0n) is 6.72. The Morgan fingerprint density at radius 2 is 2.64 bits per heavy atom. The number of hydroxylamine groups is 1. The average Bonchev–Trinajstić information content (AvgIpc) is 2.39. The minimum atomic E-state index is -0.143. The van der Waals surface area contributed by atoms with Crippen LogP contribution in [-0.4, -0.2) is 25.6 Å². The summed E-state index contributed by atoms with van der Waals surface area (Å²) in [5.74, 6) is 0.415. The third kappa shape index (κ3) is 3.34. The molecule has 0 aromatic heterocycles. The second-order valence-electron chi connectivity index (χ2n) is 2.83. The SMILES string of the molecule is CC(=O)NOCC1CCNC1. The summed E-state index contributed by atoms with van der Waals surface area (Å²) >= 11 is 0. The van der Waals surface area contributed by atoms with Gasteiger partial charge in [0.25, 0.3) is 0 Å². The van der Waals surface area contributed by atoms with Crippen LogP contribution in [0.25, 0.3) is 0 Å². The van der Waals surface area contributed by atoms with Crippen LogP contribution < -0.4 is 10.8 Å². The van der Waals surface area contributed by atoms with Gasteiger partial charge in [-0.25, -0.2) is 5.48 Å². The summed E-state index contributed by atoms with van der Waals surface area (Å²) in [6.07, 6.45) is 1.14. The molecule has 0 aliphatic carbocycles. The molecule has 0 spiro atoms. The van der Waals surface area contributed by atoms with Crippen LogP contribution in [0, 0.1) is 5.92 Å². The summed E-state index contributed by atoms with van der Waals surface area (Å²) in [4.78, 5) is 15.3. The van der Waals surface area contributed by atoms with E-state index in [1.54, 1.807) is 0 Å². The summed E-state index contributed by atoms with van der Waals surface area (Å²) in [7, 11) is 0. The van der Waals surface area contributed by atoms with Crippen molar-refractivity contribution in [3.8, 4) is 0 Å². The molecular weight excluding hydrogens is 144 g/mol. The van der Waals surface area contributed by atoms with E-state index >= 15 is 0 Å². The molecule has 0 aromatic carbocycles. The van der Waals surface area contributed by atoms with E-state index in [0.717, 1.165) is 19.5 Å². The Morgan fingerprint density at radius 3 is 3.18 bits per heavy atom. The van der Waals surface area contributed by atoms with E-state index in [2.05, 4.69) is 10.8 Å². The number of rotatable bonds is 3. The van der Waals surface area contributed by atoms with Gasteiger partial charge in [0.15, 0.2) is 0 Å². The fraction of sp³-hybridized carbons (Fsp3) is 0.857. The number of carbonyl (C=O) groups excluding carboxylic acids is 1. The third-order valence-corrected chi connectivity index (χ3v) is 1.70. The lowest BCUT2D eigenvalue weighted by atomic mass is 10.1. The van der Waals surface area contributed by atoms with Gasteiger partial charge < -0.3 is 5.32 Å². The Kier molecular flexibility index (Phi) is 3.32. The van der Waals surface area contributed by atoms with Gasteiger partial charge in [-0.1, -0.05) is 0 Å². The molecule has 0 bridgehead atoms. The predicted octanol–water partition coefficient (Wildman–Crippen LogP) is -0.336. The maximum Gasteiger partial charge on any atom is 0.240 e. The summed E-state index contributed by atoms with van der Waals surface area (Å²) in [6, 6.07) is 0. The Labute approximate surface area is 66.3 Å². The molecule has 4 heteroatoms. The standard InChI is InChI=1S/C7H14N2O2/c1-6(10)9-11-5-7-2-3-8-4-7/h7-8H,2-5H2,1H3,(H,9,10). The number of amides is 1. The molecule has 1 rings (SSSR count). The zero-order valence-corrected chi connectivity index (χ0v) is 6.72. The van der Waals surface area contributed by atoms with E-state index in [1.165, 1.54) is 6.92 Å². The van der Waals surface area contributed by atoms with Gasteiger partial charge in [-0.05, 0) is 18.9 Å². The molecule has 1 aliphatic rings. The highest BCUT2D eigenvalue weighted by molar-refractivity contribution is 5.71. The fourth-order valence-corrected chi connectivity index (χ4v) is 1.12. The van der Waals surface area contributed by atoms with Gasteiger partial charge in [0, 0.05) is 13.5 Å². The van der Waals surface area contributed by atoms with Crippen molar-refractivity contribution < 1.29 is 9.63 Å². The zero-order chi connectivity index (χ0) is 8.10. The molecule has 2 N–H and O–H groups in total. The van der Waals surface area contributed by atoms with Gasteiger partial charge in [0.2, 0.25) is 5.91 Å². The molecule has 1 heterocycles. The van der Waals surface area contributed by atoms with E-state index in [1.807, 2.05) is 0 Å². The average molecular weight is 158 g/mol. The van der Waals surface area contributed by atoms with Gasteiger partial charge in [-0.2, -0.15) is 0 Å². The van der Waals surface area contributed by atoms with Crippen molar-refractivity contribution in [2.75, 3.05) is 19.7 Å². The van der Waals surface area contributed by atoms with E-state index in [0.29, 0.717) is 12.5 Å². The smallest absolute Gasteiger partial charge is 0.240 e. The summed E-state index contributed by atoms with van der Waals surface area (Å²) in [6.45, 7) is 4.12. The maximum absolute atomic E-state index is 10.4. The molecule has 0 radical (unpaired) electrons. The van der Waals surface area contributed by atoms with Crippen LogP contribution >= 0.6 is 0 Å². The molecular formula is C7H14N2O2. The van der Waals surface area contributed by atoms with Gasteiger partial charge in [-0.3, -0.25) is 9.63 Å². The quantitative estimate of drug-likeness (QED) is 0.553. The van der Waals surface area contributed by atoms with Crippen molar-refractivity contribution in [3.05, 3.63) is 0 Å². The molecule has 4 nitrogen and oxygen atoms in total. The fourth-order valence-electron chi connectivity index (χ4n) is 1.12. The molecule has 1 fully saturated rings. The van der Waals surface area contributed by atoms with Crippen molar-refractivity contribution >= 4 is 5.91 Å². The Morgan fingerprint density at radius 1 is 1.82 bits per heavy atom. The lowest BCUT2D eigenvalue weighted by Crippen LogP contribution is -2.24. The normalized spacial score (nSPS) is 23.5. The summed E-state index contributed by atoms with van der Waals surface area (Å²) in [5, 5.41) is 3.22. The molecule has 1 aliphatic heterocycles. The molecule has 11 heavy (non-hydrogen) atoms. The largest absolute Gasteiger partial charge is 0.316 e. The number of nitrogens with one attached hydrogen (secondary N) is 2. The van der Waals surface area contributed by atoms with Gasteiger partial charge in [-0.15, -0.1) is 0 Å². The van der Waals surface area contributed by atoms with Crippen LogP contribution in [0.15, 0.2) is 0 Å². The number of carbonyl (C=O) groups is 1. The first-order valence-corrected chi connectivity index (χ1v) is 3.88. The van der Waals surface area contributed by atoms with Gasteiger partial charge in [0.1, 0.15) is 0 Å². The molecule has 1 unspecified atom stereocenters. The molecule has 64 valence electrons. The van der Waals surface area contributed by atoms with E-state index in [4.69, 9.17) is 4.84 Å². The van der Waals surface area contributed by atoms with E-state index < -0.39 is 0 Å². The first-order chi connectivity index (χ1) is 5.29. The molecule has 1 atom stereocenters. The third-order valence-electron chi connectivity index (χ3n) is 1.70. The lowest BCUT2D eigenvalue weighted by Gasteiger charge is -2.07. The highest BCUT2D eigenvalue weighted by Gasteiger charge is 2.14. The number of hydrogen-bond acceptors (Lipinski definition) is 3. The van der Waals surface area contributed by atoms with Crippen molar-refractivity contribution in [3.63, 3.8) is 0 Å². The lowest BCUT2D eigenvalue weighted by molar-refractivity contribution is -0.132. The first-order valence-electron chi connectivity index (χ1n) is 3.88. The molecule has 0 aromatic rings. The minimum absolute atomic E-state index is 0.143. The van der Waals surface area contributed by atoms with Crippen molar-refractivity contribution in [1.29, 1.82) is 0 Å². The highest BCUT2D eigenvalue weighted by Crippen LogP contribution is 2.06. The van der Waals surface area contributed by atoms with Crippen LogP contribution in [0.1, 0.15) is 13.3 Å². The second-order valence-corrected chi connectivity index (χ2v) is 2.83. The van der Waals surface area contributed by atoms with E-state index in [9.17, 15) is 4.79 Å². The highest BCUT2D eigenvalue weighted by atomic mass is 16.6. The van der Waals surface area contributed by atoms with Crippen LogP contribution in [0.4, 0.5) is 0 Å². The van der Waals surface area contributed by atoms with Crippen molar-refractivity contribution in [2.24, 2.45) is 5.92 Å². The Balaban J connectivity index is 1.98.